The molecule has 1 fully saturated rings. The number of fused-ring (bicyclic) bond motifs is 3. The highest BCUT2D eigenvalue weighted by molar-refractivity contribution is 9.10. The van der Waals surface area contributed by atoms with Crippen LogP contribution in [-0.4, -0.2) is 24.9 Å². The van der Waals surface area contributed by atoms with Gasteiger partial charge in [0.2, 0.25) is 11.2 Å². The average molecular weight is 514 g/mol. The van der Waals surface area contributed by atoms with Gasteiger partial charge in [-0.05, 0) is 29.3 Å². The molecule has 0 amide bonds. The Balaban J connectivity index is 1.81. The predicted octanol–water partition coefficient (Wildman–Crippen LogP) is 4.09. The molecule has 5 nitrogen and oxygen atoms in total. The monoisotopic (exact) mass is 513 g/mol. The minimum absolute atomic E-state index is 0.112. The summed E-state index contributed by atoms with van der Waals surface area (Å²) in [5.41, 5.74) is 1.48. The second kappa shape index (κ2) is 8.68. The van der Waals surface area contributed by atoms with Crippen LogP contribution in [0.3, 0.4) is 0 Å². The first-order chi connectivity index (χ1) is 16.5. The summed E-state index contributed by atoms with van der Waals surface area (Å²) in [5, 5.41) is 10.7. The topological polar surface area (TPSA) is 71.6 Å². The zero-order valence-corrected chi connectivity index (χ0v) is 20.0. The van der Waals surface area contributed by atoms with E-state index in [1.54, 1.807) is 12.1 Å². The van der Waals surface area contributed by atoms with Crippen LogP contribution in [0.5, 0.6) is 0 Å². The Morgan fingerprint density at radius 1 is 1.00 bits per heavy atom. The molecule has 34 heavy (non-hydrogen) atoms. The van der Waals surface area contributed by atoms with Crippen LogP contribution in [0.2, 0.25) is 0 Å². The fraction of sp³-hybridized carbons (Fsp3) is 0.179. The van der Waals surface area contributed by atoms with E-state index in [1.807, 2.05) is 79.0 Å². The lowest BCUT2D eigenvalue weighted by Crippen LogP contribution is -3.11. The first-order valence-electron chi connectivity index (χ1n) is 11.0. The lowest BCUT2D eigenvalue weighted by molar-refractivity contribution is -0.885. The van der Waals surface area contributed by atoms with Crippen LogP contribution < -0.4 is 4.90 Å². The van der Waals surface area contributed by atoms with Crippen molar-refractivity contribution in [2.75, 3.05) is 7.11 Å². The van der Waals surface area contributed by atoms with Crippen LogP contribution in [-0.2, 0) is 9.53 Å². The van der Waals surface area contributed by atoms with Gasteiger partial charge in [-0.1, -0.05) is 82.7 Å². The summed E-state index contributed by atoms with van der Waals surface area (Å²) in [5.74, 6) is -1.46. The van der Waals surface area contributed by atoms with Crippen molar-refractivity contribution in [3.63, 3.8) is 0 Å². The Kier molecular flexibility index (Phi) is 5.68. The fourth-order valence-electron chi connectivity index (χ4n) is 5.62. The molecule has 1 saturated heterocycles. The van der Waals surface area contributed by atoms with Gasteiger partial charge in [0.25, 0.3) is 0 Å². The number of quaternary nitrogens is 1. The first-order valence-corrected chi connectivity index (χ1v) is 11.8. The quantitative estimate of drug-likeness (QED) is 0.421. The van der Waals surface area contributed by atoms with Gasteiger partial charge >= 0.3 is 5.97 Å². The van der Waals surface area contributed by atoms with Gasteiger partial charge in [0, 0.05) is 15.6 Å². The highest BCUT2D eigenvalue weighted by Crippen LogP contribution is 2.53. The molecule has 2 heterocycles. The predicted molar refractivity (Wildman–Crippen MR) is 131 cm³/mol. The molecule has 0 radical (unpaired) electrons. The van der Waals surface area contributed by atoms with E-state index >= 15 is 0 Å². The maximum Gasteiger partial charge on any atom is 0.333 e. The maximum absolute atomic E-state index is 14.1. The number of nitrogens with one attached hydrogen (secondary N) is 1. The standard InChI is InChI=1S/C28H21BrN2O3/c1-34-27(33)28(17-30)23(19-11-13-21(29)14-12-19)24(25(32)20-8-3-2-4-9-20)31-16-15-18-7-5-6-10-22(18)26(28)31/h2-16,23-24,26H,1H3/p+1/t23-,24-,26-,28+/m1/s1. The molecule has 2 aliphatic rings. The molecule has 3 aromatic carbocycles. The third-order valence-electron chi connectivity index (χ3n) is 7.01. The maximum atomic E-state index is 14.1. The average Bonchev–Trinajstić information content (AvgIpc) is 3.20. The number of hydrogen-bond donors (Lipinski definition) is 1. The minimum Gasteiger partial charge on any atom is -0.468 e. The third-order valence-corrected chi connectivity index (χ3v) is 7.54. The van der Waals surface area contributed by atoms with Crippen LogP contribution >= 0.6 is 15.9 Å². The summed E-state index contributed by atoms with van der Waals surface area (Å²) in [7, 11) is 1.30. The van der Waals surface area contributed by atoms with Crippen LogP contribution in [0.25, 0.3) is 6.08 Å². The van der Waals surface area contributed by atoms with Crippen molar-refractivity contribution in [3.8, 4) is 6.07 Å². The van der Waals surface area contributed by atoms with Gasteiger partial charge in [0.1, 0.15) is 6.04 Å². The number of nitriles is 1. The number of halogens is 1. The Bertz CT molecular complexity index is 1330. The van der Waals surface area contributed by atoms with Crippen LogP contribution in [0.15, 0.2) is 89.5 Å². The number of benzene rings is 3. The fourth-order valence-corrected chi connectivity index (χ4v) is 5.88. The molecule has 6 heteroatoms. The second-order valence-electron chi connectivity index (χ2n) is 8.60. The van der Waals surface area contributed by atoms with Crippen molar-refractivity contribution in [2.24, 2.45) is 5.41 Å². The smallest absolute Gasteiger partial charge is 0.333 e. The van der Waals surface area contributed by atoms with Crippen molar-refractivity contribution in [1.29, 1.82) is 5.26 Å². The molecule has 1 N–H and O–H groups in total. The molecule has 168 valence electrons. The Morgan fingerprint density at radius 2 is 1.68 bits per heavy atom. The molecule has 0 bridgehead atoms. The summed E-state index contributed by atoms with van der Waals surface area (Å²) >= 11 is 3.47. The lowest BCUT2D eigenvalue weighted by Gasteiger charge is -2.31. The normalized spacial score (nSPS) is 26.7. The number of methoxy groups -OCH3 is 1. The van der Waals surface area contributed by atoms with E-state index < -0.39 is 29.4 Å². The highest BCUT2D eigenvalue weighted by Gasteiger charge is 2.71. The second-order valence-corrected chi connectivity index (χ2v) is 9.52. The number of ketones is 1. The van der Waals surface area contributed by atoms with Crippen molar-refractivity contribution >= 4 is 33.8 Å². The number of ether oxygens (including phenoxy) is 1. The number of nitrogens with zero attached hydrogens (tertiary/aromatic N) is 1. The van der Waals surface area contributed by atoms with Crippen molar-refractivity contribution in [1.82, 2.24) is 0 Å². The highest BCUT2D eigenvalue weighted by atomic mass is 79.9. The van der Waals surface area contributed by atoms with Crippen LogP contribution in [0.1, 0.15) is 39.0 Å². The van der Waals surface area contributed by atoms with Gasteiger partial charge in [-0.2, -0.15) is 5.26 Å². The Hall–Kier alpha value is -3.53. The van der Waals surface area contributed by atoms with E-state index in [0.717, 1.165) is 26.1 Å². The van der Waals surface area contributed by atoms with E-state index in [0.29, 0.717) is 5.56 Å². The molecule has 5 rings (SSSR count). The number of hydrogen-bond acceptors (Lipinski definition) is 4. The van der Waals surface area contributed by atoms with E-state index in [2.05, 4.69) is 22.0 Å². The summed E-state index contributed by atoms with van der Waals surface area (Å²) in [4.78, 5) is 28.4. The van der Waals surface area contributed by atoms with Gasteiger partial charge in [0.05, 0.1) is 25.3 Å². The third kappa shape index (κ3) is 3.24. The summed E-state index contributed by atoms with van der Waals surface area (Å²) in [6.07, 6.45) is 3.89. The van der Waals surface area contributed by atoms with E-state index in [9.17, 15) is 14.9 Å². The van der Waals surface area contributed by atoms with Gasteiger partial charge < -0.3 is 4.74 Å². The van der Waals surface area contributed by atoms with Crippen LogP contribution in [0, 0.1) is 16.7 Å². The molecular weight excluding hydrogens is 492 g/mol. The van der Waals surface area contributed by atoms with Gasteiger partial charge in [0.15, 0.2) is 6.04 Å². The molecule has 5 atom stereocenters. The van der Waals surface area contributed by atoms with E-state index in [-0.39, 0.29) is 5.78 Å². The summed E-state index contributed by atoms with van der Waals surface area (Å²) in [6, 6.07) is 25.4. The lowest BCUT2D eigenvalue weighted by atomic mass is 9.66. The largest absolute Gasteiger partial charge is 0.468 e. The zero-order chi connectivity index (χ0) is 23.9. The van der Waals surface area contributed by atoms with Crippen molar-refractivity contribution < 1.29 is 19.2 Å². The number of carbonyl (C=O) groups is 2. The van der Waals surface area contributed by atoms with Crippen molar-refractivity contribution in [3.05, 3.63) is 112 Å². The number of rotatable bonds is 4. The van der Waals surface area contributed by atoms with Gasteiger partial charge in [-0.3, -0.25) is 14.5 Å². The molecule has 2 aliphatic heterocycles. The van der Waals surface area contributed by atoms with E-state index in [1.165, 1.54) is 7.11 Å². The number of Topliss-reactive ketones (excluding diaryl/α,β-unsaturated/α-hetero) is 1. The molecule has 1 unspecified atom stereocenters. The van der Waals surface area contributed by atoms with Crippen molar-refractivity contribution in [2.45, 2.75) is 18.0 Å². The van der Waals surface area contributed by atoms with E-state index in [4.69, 9.17) is 4.74 Å². The van der Waals surface area contributed by atoms with Crippen LogP contribution in [0.4, 0.5) is 0 Å². The molecule has 0 aromatic heterocycles. The number of esters is 1. The Morgan fingerprint density at radius 3 is 2.35 bits per heavy atom. The Labute approximate surface area is 206 Å². The van der Waals surface area contributed by atoms with Gasteiger partial charge in [-0.25, -0.2) is 0 Å². The molecule has 0 spiro atoms. The molecule has 0 aliphatic carbocycles. The van der Waals surface area contributed by atoms with Gasteiger partial charge in [-0.15, -0.1) is 0 Å². The minimum atomic E-state index is -1.60. The molecular formula is C28H22BrN2O3+. The summed E-state index contributed by atoms with van der Waals surface area (Å²) in [6.45, 7) is 0. The molecule has 0 saturated carbocycles. The zero-order valence-electron chi connectivity index (χ0n) is 18.4. The first kappa shape index (κ1) is 22.3. The summed E-state index contributed by atoms with van der Waals surface area (Å²) < 4.78 is 6.15. The molecule has 3 aromatic rings. The SMILES string of the molecule is COC(=O)[C@@]1(C#N)[C@H](c2ccc(Br)cc2)[C@H](C(=O)c2ccccc2)[NH+]2C=Cc3ccccc3[C@@H]21. The number of carbonyl (C=O) groups excluding carboxylic acids is 2.